The largest absolute Gasteiger partial charge is 0.492 e. The van der Waals surface area contributed by atoms with Crippen LogP contribution in [0, 0.1) is 0 Å². The Balaban J connectivity index is 2.41. The Kier molecular flexibility index (Phi) is 4.81. The van der Waals surface area contributed by atoms with Crippen molar-refractivity contribution in [1.29, 1.82) is 0 Å². The van der Waals surface area contributed by atoms with E-state index in [1.54, 1.807) is 44.2 Å². The van der Waals surface area contributed by atoms with E-state index < -0.39 is 10.0 Å². The van der Waals surface area contributed by atoms with E-state index in [1.165, 1.54) is 18.5 Å². The van der Waals surface area contributed by atoms with Crippen LogP contribution in [0.1, 0.15) is 6.92 Å². The summed E-state index contributed by atoms with van der Waals surface area (Å²) < 4.78 is 33.1. The van der Waals surface area contributed by atoms with E-state index in [2.05, 4.69) is 14.7 Å². The molecule has 0 aromatic carbocycles. The molecule has 0 bridgehead atoms. The van der Waals surface area contributed by atoms with Gasteiger partial charge in [-0.15, -0.1) is 0 Å². The van der Waals surface area contributed by atoms with E-state index in [0.29, 0.717) is 18.1 Å². The minimum Gasteiger partial charge on any atom is -0.492 e. The summed E-state index contributed by atoms with van der Waals surface area (Å²) in [6.45, 7) is 2.15. The molecule has 2 aromatic rings. The molecule has 0 unspecified atom stereocenters. The quantitative estimate of drug-likeness (QED) is 0.872. The molecule has 2 rings (SSSR count). The zero-order chi connectivity index (χ0) is 16.2. The highest BCUT2D eigenvalue weighted by atomic mass is 32.2. The minimum absolute atomic E-state index is 0.00888. The van der Waals surface area contributed by atoms with E-state index in [1.807, 2.05) is 0 Å². The van der Waals surface area contributed by atoms with Gasteiger partial charge in [0.1, 0.15) is 10.6 Å². The molecule has 0 radical (unpaired) electrons. The third kappa shape index (κ3) is 3.45. The molecule has 0 spiro atoms. The average Bonchev–Trinajstić information content (AvgIpc) is 2.48. The number of nitrogens with zero attached hydrogens (tertiary/aromatic N) is 3. The fourth-order valence-corrected chi connectivity index (χ4v) is 3.03. The molecular formula is C14H18N4O3S. The Labute approximate surface area is 130 Å². The Hall–Kier alpha value is -2.35. The summed E-state index contributed by atoms with van der Waals surface area (Å²) >= 11 is 0. The molecule has 0 saturated heterocycles. The van der Waals surface area contributed by atoms with Gasteiger partial charge in [-0.3, -0.25) is 9.71 Å². The van der Waals surface area contributed by atoms with Crippen LogP contribution in [0.15, 0.2) is 41.7 Å². The standard InChI is InChI=1S/C14H18N4O3S/c1-4-21-12-7-9-15-10-13(12)22(19,20)17-11-6-5-8-16-14(11)18(2)3/h5-10,17H,4H2,1-3H3. The zero-order valence-electron chi connectivity index (χ0n) is 12.6. The first-order chi connectivity index (χ1) is 10.5. The van der Waals surface area contributed by atoms with Gasteiger partial charge in [-0.05, 0) is 25.1 Å². The molecule has 118 valence electrons. The van der Waals surface area contributed by atoms with Crippen molar-refractivity contribution in [3.05, 3.63) is 36.8 Å². The van der Waals surface area contributed by atoms with Crippen LogP contribution in [-0.4, -0.2) is 39.1 Å². The Morgan fingerprint density at radius 2 is 2.05 bits per heavy atom. The van der Waals surface area contributed by atoms with Crippen molar-refractivity contribution in [3.8, 4) is 5.75 Å². The maximum Gasteiger partial charge on any atom is 0.267 e. The molecule has 0 aliphatic carbocycles. The van der Waals surface area contributed by atoms with Crippen LogP contribution in [0.25, 0.3) is 0 Å². The normalized spacial score (nSPS) is 11.0. The lowest BCUT2D eigenvalue weighted by molar-refractivity contribution is 0.330. The van der Waals surface area contributed by atoms with Crippen molar-refractivity contribution in [2.75, 3.05) is 30.3 Å². The van der Waals surface area contributed by atoms with Crippen LogP contribution in [0.4, 0.5) is 11.5 Å². The number of ether oxygens (including phenoxy) is 1. The van der Waals surface area contributed by atoms with E-state index in [4.69, 9.17) is 4.74 Å². The number of hydrogen-bond acceptors (Lipinski definition) is 6. The molecule has 0 aliphatic heterocycles. The number of anilines is 2. The third-order valence-corrected chi connectivity index (χ3v) is 4.16. The smallest absolute Gasteiger partial charge is 0.267 e. The summed E-state index contributed by atoms with van der Waals surface area (Å²) in [6.07, 6.45) is 4.35. The second-order valence-corrected chi connectivity index (χ2v) is 6.28. The summed E-state index contributed by atoms with van der Waals surface area (Å²) in [6, 6.07) is 4.84. The lowest BCUT2D eigenvalue weighted by Gasteiger charge is -2.17. The first kappa shape index (κ1) is 16.0. The third-order valence-electron chi connectivity index (χ3n) is 2.79. The van der Waals surface area contributed by atoms with Gasteiger partial charge in [0.25, 0.3) is 10.0 Å². The highest BCUT2D eigenvalue weighted by Gasteiger charge is 2.21. The molecule has 7 nitrogen and oxygen atoms in total. The summed E-state index contributed by atoms with van der Waals surface area (Å²) in [7, 11) is -0.251. The minimum atomic E-state index is -3.83. The van der Waals surface area contributed by atoms with Crippen LogP contribution in [0.3, 0.4) is 0 Å². The maximum atomic E-state index is 12.6. The first-order valence-corrected chi connectivity index (χ1v) is 8.16. The lowest BCUT2D eigenvalue weighted by atomic mass is 10.4. The average molecular weight is 322 g/mol. The Bertz CT molecular complexity index is 747. The molecule has 1 N–H and O–H groups in total. The van der Waals surface area contributed by atoms with Crippen molar-refractivity contribution in [3.63, 3.8) is 0 Å². The van der Waals surface area contributed by atoms with Crippen molar-refractivity contribution < 1.29 is 13.2 Å². The highest BCUT2D eigenvalue weighted by Crippen LogP contribution is 2.27. The number of pyridine rings is 2. The summed E-state index contributed by atoms with van der Waals surface area (Å²) in [5.74, 6) is 0.785. The predicted octanol–water partition coefficient (Wildman–Crippen LogP) is 1.74. The monoisotopic (exact) mass is 322 g/mol. The van der Waals surface area contributed by atoms with Gasteiger partial charge in [0.2, 0.25) is 0 Å². The van der Waals surface area contributed by atoms with Gasteiger partial charge in [-0.1, -0.05) is 0 Å². The van der Waals surface area contributed by atoms with Gasteiger partial charge in [0, 0.05) is 26.5 Å². The lowest BCUT2D eigenvalue weighted by Crippen LogP contribution is -2.19. The van der Waals surface area contributed by atoms with E-state index >= 15 is 0 Å². The Morgan fingerprint density at radius 1 is 1.27 bits per heavy atom. The molecule has 2 heterocycles. The van der Waals surface area contributed by atoms with Crippen molar-refractivity contribution in [1.82, 2.24) is 9.97 Å². The first-order valence-electron chi connectivity index (χ1n) is 6.67. The van der Waals surface area contributed by atoms with Gasteiger partial charge in [0.05, 0.1) is 18.5 Å². The molecular weight excluding hydrogens is 304 g/mol. The SMILES string of the molecule is CCOc1ccncc1S(=O)(=O)Nc1cccnc1N(C)C. The second-order valence-electron chi connectivity index (χ2n) is 4.63. The summed E-state index contributed by atoms with van der Waals surface area (Å²) in [5.41, 5.74) is 0.388. The number of nitrogens with one attached hydrogen (secondary N) is 1. The van der Waals surface area contributed by atoms with Crippen LogP contribution in [-0.2, 0) is 10.0 Å². The molecule has 2 aromatic heterocycles. The molecule has 0 aliphatic rings. The molecule has 0 saturated carbocycles. The van der Waals surface area contributed by atoms with Crippen molar-refractivity contribution >= 4 is 21.5 Å². The summed E-state index contributed by atoms with van der Waals surface area (Å²) in [4.78, 5) is 9.75. The highest BCUT2D eigenvalue weighted by molar-refractivity contribution is 7.92. The molecule has 0 fully saturated rings. The van der Waals surface area contributed by atoms with Gasteiger partial charge in [0.15, 0.2) is 5.82 Å². The number of hydrogen-bond donors (Lipinski definition) is 1. The van der Waals surface area contributed by atoms with Gasteiger partial charge in [-0.2, -0.15) is 0 Å². The maximum absolute atomic E-state index is 12.6. The number of sulfonamides is 1. The van der Waals surface area contributed by atoms with Crippen LogP contribution in [0.5, 0.6) is 5.75 Å². The van der Waals surface area contributed by atoms with Crippen LogP contribution >= 0.6 is 0 Å². The summed E-state index contributed by atoms with van der Waals surface area (Å²) in [5, 5.41) is 0. The molecule has 8 heteroatoms. The van der Waals surface area contributed by atoms with Gasteiger partial charge < -0.3 is 9.64 Å². The molecule has 0 amide bonds. The van der Waals surface area contributed by atoms with Crippen molar-refractivity contribution in [2.24, 2.45) is 0 Å². The number of rotatable bonds is 6. The predicted molar refractivity (Wildman–Crippen MR) is 84.8 cm³/mol. The van der Waals surface area contributed by atoms with Gasteiger partial charge in [-0.25, -0.2) is 13.4 Å². The van der Waals surface area contributed by atoms with E-state index in [-0.39, 0.29) is 10.6 Å². The van der Waals surface area contributed by atoms with E-state index in [9.17, 15) is 8.42 Å². The zero-order valence-corrected chi connectivity index (χ0v) is 13.5. The van der Waals surface area contributed by atoms with Crippen molar-refractivity contribution in [2.45, 2.75) is 11.8 Å². The van der Waals surface area contributed by atoms with Crippen LogP contribution < -0.4 is 14.4 Å². The molecule has 0 atom stereocenters. The fourth-order valence-electron chi connectivity index (χ4n) is 1.88. The van der Waals surface area contributed by atoms with Gasteiger partial charge >= 0.3 is 0 Å². The van der Waals surface area contributed by atoms with Crippen LogP contribution in [0.2, 0.25) is 0 Å². The topological polar surface area (TPSA) is 84.4 Å². The second kappa shape index (κ2) is 6.61. The number of aromatic nitrogens is 2. The molecule has 22 heavy (non-hydrogen) atoms. The Morgan fingerprint density at radius 3 is 2.73 bits per heavy atom. The van der Waals surface area contributed by atoms with E-state index in [0.717, 1.165) is 0 Å². The fraction of sp³-hybridized carbons (Fsp3) is 0.286.